The molecule has 0 saturated heterocycles. The van der Waals surface area contributed by atoms with Crippen LogP contribution in [-0.4, -0.2) is 31.7 Å². The number of carbonyl (C=O) groups excluding carboxylic acids is 1. The number of amides is 1. The van der Waals surface area contributed by atoms with Gasteiger partial charge in [-0.3, -0.25) is 4.79 Å². The zero-order valence-corrected chi connectivity index (χ0v) is 10.4. The highest BCUT2D eigenvalue weighted by Crippen LogP contribution is 2.22. The van der Waals surface area contributed by atoms with Crippen molar-refractivity contribution in [1.29, 1.82) is 0 Å². The van der Waals surface area contributed by atoms with E-state index in [4.69, 9.17) is 10.5 Å². The van der Waals surface area contributed by atoms with Crippen LogP contribution < -0.4 is 11.1 Å². The summed E-state index contributed by atoms with van der Waals surface area (Å²) in [6, 6.07) is -0.231. The number of carbonyl (C=O) groups is 1. The first-order valence-electron chi connectivity index (χ1n) is 6.18. The average Bonchev–Trinajstić information content (AvgIpc) is 2.44. The van der Waals surface area contributed by atoms with Gasteiger partial charge in [0.1, 0.15) is 6.04 Å². The van der Waals surface area contributed by atoms with Gasteiger partial charge in [-0.1, -0.05) is 19.8 Å². The van der Waals surface area contributed by atoms with Crippen molar-refractivity contribution in [2.75, 3.05) is 13.7 Å². The summed E-state index contributed by atoms with van der Waals surface area (Å²) in [5.41, 5.74) is 5.67. The van der Waals surface area contributed by atoms with Gasteiger partial charge in [0.25, 0.3) is 0 Å². The predicted octanol–water partition coefficient (Wildman–Crippen LogP) is 1.05. The maximum Gasteiger partial charge on any atom is 0.239 e. The Morgan fingerprint density at radius 2 is 2.19 bits per heavy atom. The predicted molar refractivity (Wildman–Crippen MR) is 64.0 cm³/mol. The summed E-state index contributed by atoms with van der Waals surface area (Å²) in [5, 5.41) is 3.02. The molecule has 1 aliphatic rings. The van der Waals surface area contributed by atoms with Crippen molar-refractivity contribution in [3.05, 3.63) is 0 Å². The van der Waals surface area contributed by atoms with Crippen molar-refractivity contribution in [3.8, 4) is 0 Å². The third-order valence-electron chi connectivity index (χ3n) is 3.29. The quantitative estimate of drug-likeness (QED) is 0.707. The van der Waals surface area contributed by atoms with Crippen molar-refractivity contribution in [2.24, 2.45) is 11.7 Å². The Morgan fingerprint density at radius 3 is 2.88 bits per heavy atom. The monoisotopic (exact) mass is 228 g/mol. The molecule has 1 amide bonds. The van der Waals surface area contributed by atoms with Gasteiger partial charge in [0.05, 0.1) is 6.61 Å². The Hall–Kier alpha value is -0.610. The largest absolute Gasteiger partial charge is 0.383 e. The molecule has 0 bridgehead atoms. The highest BCUT2D eigenvalue weighted by Gasteiger charge is 2.20. The van der Waals surface area contributed by atoms with E-state index in [9.17, 15) is 4.79 Å². The molecule has 1 aliphatic carbocycles. The second kappa shape index (κ2) is 6.86. The zero-order valence-electron chi connectivity index (χ0n) is 10.4. The number of hydrogen-bond acceptors (Lipinski definition) is 3. The molecule has 0 aliphatic heterocycles. The first-order chi connectivity index (χ1) is 7.63. The fraction of sp³-hybridized carbons (Fsp3) is 0.917. The van der Waals surface area contributed by atoms with Gasteiger partial charge in [0.15, 0.2) is 0 Å². The van der Waals surface area contributed by atoms with Gasteiger partial charge in [0.2, 0.25) is 5.91 Å². The van der Waals surface area contributed by atoms with Crippen LogP contribution in [0.5, 0.6) is 0 Å². The van der Waals surface area contributed by atoms with Gasteiger partial charge in [-0.2, -0.15) is 0 Å². The van der Waals surface area contributed by atoms with E-state index in [1.807, 2.05) is 0 Å². The first-order valence-corrected chi connectivity index (χ1v) is 6.18. The molecule has 3 atom stereocenters. The smallest absolute Gasteiger partial charge is 0.239 e. The van der Waals surface area contributed by atoms with E-state index in [-0.39, 0.29) is 12.5 Å². The van der Waals surface area contributed by atoms with Crippen molar-refractivity contribution < 1.29 is 9.53 Å². The fourth-order valence-corrected chi connectivity index (χ4v) is 2.19. The van der Waals surface area contributed by atoms with Gasteiger partial charge in [-0.25, -0.2) is 0 Å². The summed E-state index contributed by atoms with van der Waals surface area (Å²) in [6.07, 6.45) is 5.83. The van der Waals surface area contributed by atoms with Crippen LogP contribution >= 0.6 is 0 Å². The molecule has 94 valence electrons. The maximum absolute atomic E-state index is 11.7. The number of nitrogens with two attached hydrogens (primary N) is 1. The van der Waals surface area contributed by atoms with Crippen molar-refractivity contribution >= 4 is 5.91 Å². The van der Waals surface area contributed by atoms with E-state index in [1.165, 1.54) is 19.3 Å². The minimum absolute atomic E-state index is 0.0820. The van der Waals surface area contributed by atoms with E-state index in [1.54, 1.807) is 7.11 Å². The average molecular weight is 228 g/mol. The molecule has 3 N–H and O–H groups in total. The summed E-state index contributed by atoms with van der Waals surface area (Å²) in [7, 11) is 1.56. The molecule has 1 saturated carbocycles. The number of rotatable bonds is 4. The van der Waals surface area contributed by atoms with Crippen LogP contribution in [0.25, 0.3) is 0 Å². The van der Waals surface area contributed by atoms with Crippen LogP contribution in [0.15, 0.2) is 0 Å². The normalized spacial score (nSPS) is 28.2. The van der Waals surface area contributed by atoms with Crippen molar-refractivity contribution in [3.63, 3.8) is 0 Å². The van der Waals surface area contributed by atoms with E-state index < -0.39 is 6.04 Å². The summed E-state index contributed by atoms with van der Waals surface area (Å²) in [6.45, 7) is 2.57. The van der Waals surface area contributed by atoms with Crippen LogP contribution in [0.3, 0.4) is 0 Å². The number of hydrogen-bond donors (Lipinski definition) is 2. The molecule has 1 fully saturated rings. The van der Waals surface area contributed by atoms with Gasteiger partial charge < -0.3 is 15.8 Å². The molecule has 0 aromatic carbocycles. The third-order valence-corrected chi connectivity index (χ3v) is 3.29. The van der Waals surface area contributed by atoms with Gasteiger partial charge in [-0.05, 0) is 25.2 Å². The van der Waals surface area contributed by atoms with E-state index in [2.05, 4.69) is 12.2 Å². The molecule has 1 rings (SSSR count). The Morgan fingerprint density at radius 1 is 1.44 bits per heavy atom. The molecule has 0 aromatic rings. The Balaban J connectivity index is 2.32. The molecule has 4 heteroatoms. The van der Waals surface area contributed by atoms with Crippen LogP contribution in [0, 0.1) is 5.92 Å². The molecule has 0 radical (unpaired) electrons. The molecular weight excluding hydrogens is 204 g/mol. The molecule has 4 nitrogen and oxygen atoms in total. The lowest BCUT2D eigenvalue weighted by Gasteiger charge is -2.19. The van der Waals surface area contributed by atoms with E-state index >= 15 is 0 Å². The molecule has 3 unspecified atom stereocenters. The summed E-state index contributed by atoms with van der Waals surface area (Å²) in [5.74, 6) is 0.705. The SMILES string of the molecule is COCC(N)C(=O)NC1CCCC(C)CC1. The lowest BCUT2D eigenvalue weighted by molar-refractivity contribution is -0.124. The van der Waals surface area contributed by atoms with Gasteiger partial charge >= 0.3 is 0 Å². The fourth-order valence-electron chi connectivity index (χ4n) is 2.19. The summed E-state index contributed by atoms with van der Waals surface area (Å²) >= 11 is 0. The zero-order chi connectivity index (χ0) is 12.0. The topological polar surface area (TPSA) is 64.3 Å². The standard InChI is InChI=1S/C12H24N2O2/c1-9-4-3-5-10(7-6-9)14-12(15)11(13)8-16-2/h9-11H,3-8,13H2,1-2H3,(H,14,15). The van der Waals surface area contributed by atoms with Gasteiger partial charge in [0, 0.05) is 13.2 Å². The second-order valence-electron chi connectivity index (χ2n) is 4.88. The third kappa shape index (κ3) is 4.49. The van der Waals surface area contributed by atoms with Crippen molar-refractivity contribution in [1.82, 2.24) is 5.32 Å². The molecular formula is C12H24N2O2. The minimum Gasteiger partial charge on any atom is -0.383 e. The molecule has 0 aromatic heterocycles. The van der Waals surface area contributed by atoms with E-state index in [0.717, 1.165) is 18.8 Å². The second-order valence-corrected chi connectivity index (χ2v) is 4.88. The number of nitrogens with one attached hydrogen (secondary N) is 1. The molecule has 16 heavy (non-hydrogen) atoms. The number of methoxy groups -OCH3 is 1. The molecule has 0 heterocycles. The van der Waals surface area contributed by atoms with Crippen LogP contribution in [0.1, 0.15) is 39.0 Å². The highest BCUT2D eigenvalue weighted by molar-refractivity contribution is 5.81. The lowest BCUT2D eigenvalue weighted by Crippen LogP contribution is -2.47. The lowest BCUT2D eigenvalue weighted by atomic mass is 10.0. The molecule has 0 spiro atoms. The maximum atomic E-state index is 11.7. The Labute approximate surface area is 97.9 Å². The highest BCUT2D eigenvalue weighted by atomic mass is 16.5. The first kappa shape index (κ1) is 13.5. The van der Waals surface area contributed by atoms with E-state index in [0.29, 0.717) is 6.04 Å². The van der Waals surface area contributed by atoms with Crippen LogP contribution in [0.2, 0.25) is 0 Å². The summed E-state index contributed by atoms with van der Waals surface area (Å²) in [4.78, 5) is 11.7. The number of ether oxygens (including phenoxy) is 1. The van der Waals surface area contributed by atoms with Gasteiger partial charge in [-0.15, -0.1) is 0 Å². The van der Waals surface area contributed by atoms with Crippen molar-refractivity contribution in [2.45, 2.75) is 51.1 Å². The Bertz CT molecular complexity index is 221. The van der Waals surface area contributed by atoms with Crippen LogP contribution in [0.4, 0.5) is 0 Å². The summed E-state index contributed by atoms with van der Waals surface area (Å²) < 4.78 is 4.87. The van der Waals surface area contributed by atoms with Crippen LogP contribution in [-0.2, 0) is 9.53 Å². The Kier molecular flexibility index (Phi) is 5.77. The minimum atomic E-state index is -0.536.